The molecule has 0 aromatic heterocycles. The second-order valence-electron chi connectivity index (χ2n) is 9.07. The number of hydrogen-bond acceptors (Lipinski definition) is 10. The Hall–Kier alpha value is -3.28. The van der Waals surface area contributed by atoms with Gasteiger partial charge in [-0.05, 0) is 39.0 Å². The summed E-state index contributed by atoms with van der Waals surface area (Å²) in [6.07, 6.45) is -1.38. The normalized spacial score (nSPS) is 28.8. The Morgan fingerprint density at radius 3 is 2.64 bits per heavy atom. The maximum Gasteiger partial charge on any atom is 0.459 e. The quantitative estimate of drug-likeness (QED) is 0.176. The SMILES string of the molecule is C=C=C[C@]1(O)[C@H](N2C=CC(=O)NC2=C)O[C@](F)(COP(=O)(NC(C)C(=O)OC(C)C)Oc2ccccc2)[C@H]1O. The summed E-state index contributed by atoms with van der Waals surface area (Å²) in [6, 6.07) is 6.53. The standard InChI is InChI=1S/C25H31FN3O9P/c1-6-13-24(33)22(32)25(26,37-23(24)29-14-12-20(30)27-18(29)5)15-35-39(34,38-19-10-8-7-9-11-19)28-17(4)21(31)36-16(2)3/h7-14,16-17,22-23,32-33H,1,5,15H2,2-4H3,(H,27,30)(H,28,34)/t17?,22-,23+,24+,25+,39?/m0/s1. The highest BCUT2D eigenvalue weighted by Crippen LogP contribution is 2.49. The van der Waals surface area contributed by atoms with E-state index in [4.69, 9.17) is 18.5 Å². The van der Waals surface area contributed by atoms with Gasteiger partial charge in [0.1, 0.15) is 24.2 Å². The fraction of sp³-hybridized carbons (Fsp3) is 0.400. The van der Waals surface area contributed by atoms with Crippen LogP contribution in [0.3, 0.4) is 0 Å². The molecule has 0 bridgehead atoms. The van der Waals surface area contributed by atoms with Crippen molar-refractivity contribution in [2.24, 2.45) is 0 Å². The number of rotatable bonds is 11. The molecule has 2 unspecified atom stereocenters. The first-order valence-corrected chi connectivity index (χ1v) is 13.4. The number of para-hydroxylation sites is 1. The minimum atomic E-state index is -4.55. The number of aliphatic hydroxyl groups excluding tert-OH is 1. The van der Waals surface area contributed by atoms with Crippen LogP contribution in [0.25, 0.3) is 0 Å². The minimum Gasteiger partial charge on any atom is -0.462 e. The Bertz CT molecular complexity index is 1220. The molecule has 0 aliphatic carbocycles. The molecule has 2 heterocycles. The molecule has 0 saturated carbocycles. The predicted molar refractivity (Wildman–Crippen MR) is 136 cm³/mol. The molecule has 4 N–H and O–H groups in total. The van der Waals surface area contributed by atoms with Gasteiger partial charge in [0.25, 0.3) is 11.8 Å². The number of nitrogens with one attached hydrogen (secondary N) is 2. The van der Waals surface area contributed by atoms with Crippen molar-refractivity contribution in [3.05, 3.63) is 73.4 Å². The molecular weight excluding hydrogens is 536 g/mol. The summed E-state index contributed by atoms with van der Waals surface area (Å²) >= 11 is 0. The first-order valence-electron chi connectivity index (χ1n) is 11.8. The fourth-order valence-electron chi connectivity index (χ4n) is 3.74. The number of amides is 1. The fourth-order valence-corrected chi connectivity index (χ4v) is 5.25. The van der Waals surface area contributed by atoms with Gasteiger partial charge in [-0.2, -0.15) is 5.09 Å². The van der Waals surface area contributed by atoms with E-state index in [1.54, 1.807) is 32.0 Å². The molecule has 0 spiro atoms. The van der Waals surface area contributed by atoms with E-state index in [2.05, 4.69) is 29.3 Å². The van der Waals surface area contributed by atoms with Crippen LogP contribution in [0.4, 0.5) is 4.39 Å². The predicted octanol–water partition coefficient (Wildman–Crippen LogP) is 1.99. The highest BCUT2D eigenvalue weighted by Gasteiger charge is 2.66. The molecule has 1 aromatic carbocycles. The monoisotopic (exact) mass is 567 g/mol. The van der Waals surface area contributed by atoms with Crippen LogP contribution in [0.1, 0.15) is 20.8 Å². The van der Waals surface area contributed by atoms with E-state index in [0.29, 0.717) is 0 Å². The van der Waals surface area contributed by atoms with Crippen molar-refractivity contribution in [2.45, 2.75) is 56.7 Å². The van der Waals surface area contributed by atoms with Crippen LogP contribution in [0.15, 0.2) is 73.4 Å². The summed E-state index contributed by atoms with van der Waals surface area (Å²) in [5.41, 5.74) is -0.198. The summed E-state index contributed by atoms with van der Waals surface area (Å²) < 4.78 is 51.2. The third-order valence-electron chi connectivity index (χ3n) is 5.56. The molecule has 6 atom stereocenters. The highest BCUT2D eigenvalue weighted by atomic mass is 31.2. The second-order valence-corrected chi connectivity index (χ2v) is 10.8. The van der Waals surface area contributed by atoms with Crippen molar-refractivity contribution in [2.75, 3.05) is 6.61 Å². The van der Waals surface area contributed by atoms with Gasteiger partial charge in [0, 0.05) is 12.3 Å². The van der Waals surface area contributed by atoms with Crippen LogP contribution < -0.4 is 14.9 Å². The Balaban J connectivity index is 1.89. The van der Waals surface area contributed by atoms with Crippen LogP contribution >= 0.6 is 7.75 Å². The third-order valence-corrected chi connectivity index (χ3v) is 7.18. The molecule has 14 heteroatoms. The second kappa shape index (κ2) is 11.8. The van der Waals surface area contributed by atoms with Gasteiger partial charge in [0.2, 0.25) is 0 Å². The van der Waals surface area contributed by atoms with Crippen molar-refractivity contribution < 1.29 is 47.3 Å². The summed E-state index contributed by atoms with van der Waals surface area (Å²) in [7, 11) is -4.55. The summed E-state index contributed by atoms with van der Waals surface area (Å²) in [6.45, 7) is 10.3. The lowest BCUT2D eigenvalue weighted by atomic mass is 9.92. The molecule has 1 saturated heterocycles. The van der Waals surface area contributed by atoms with Gasteiger partial charge in [-0.15, -0.1) is 5.73 Å². The molecule has 12 nitrogen and oxygen atoms in total. The summed E-state index contributed by atoms with van der Waals surface area (Å²) in [5, 5.41) is 26.9. The lowest BCUT2D eigenvalue weighted by Crippen LogP contribution is -2.55. The lowest BCUT2D eigenvalue weighted by Gasteiger charge is -2.36. The number of esters is 1. The van der Waals surface area contributed by atoms with E-state index in [1.165, 1.54) is 25.3 Å². The van der Waals surface area contributed by atoms with Crippen LogP contribution in [0, 0.1) is 0 Å². The zero-order valence-corrected chi connectivity index (χ0v) is 22.5. The maximum absolute atomic E-state index is 16.2. The molecule has 3 rings (SSSR count). The molecule has 2 aliphatic heterocycles. The average molecular weight is 568 g/mol. The van der Waals surface area contributed by atoms with Gasteiger partial charge < -0.3 is 34.4 Å². The highest BCUT2D eigenvalue weighted by molar-refractivity contribution is 7.52. The number of hydrogen-bond donors (Lipinski definition) is 4. The van der Waals surface area contributed by atoms with E-state index in [9.17, 15) is 24.4 Å². The Morgan fingerprint density at radius 1 is 1.38 bits per heavy atom. The maximum atomic E-state index is 16.2. The van der Waals surface area contributed by atoms with Crippen molar-refractivity contribution in [1.29, 1.82) is 0 Å². The van der Waals surface area contributed by atoms with Crippen LogP contribution in [-0.4, -0.2) is 69.5 Å². The molecule has 212 valence electrons. The van der Waals surface area contributed by atoms with Gasteiger partial charge in [-0.1, -0.05) is 31.4 Å². The zero-order valence-electron chi connectivity index (χ0n) is 21.6. The molecule has 0 radical (unpaired) electrons. The lowest BCUT2D eigenvalue weighted by molar-refractivity contribution is -0.206. The van der Waals surface area contributed by atoms with E-state index < -0.39 is 62.2 Å². The smallest absolute Gasteiger partial charge is 0.459 e. The Kier molecular flexibility index (Phi) is 9.20. The van der Waals surface area contributed by atoms with Gasteiger partial charge in [-0.3, -0.25) is 14.1 Å². The average Bonchev–Trinajstić information content (AvgIpc) is 3.05. The Morgan fingerprint density at radius 2 is 2.05 bits per heavy atom. The van der Waals surface area contributed by atoms with E-state index in [0.717, 1.165) is 17.1 Å². The minimum absolute atomic E-state index is 0.0630. The van der Waals surface area contributed by atoms with Crippen molar-refractivity contribution in [3.63, 3.8) is 0 Å². The molecule has 2 aliphatic rings. The van der Waals surface area contributed by atoms with Crippen LogP contribution in [-0.2, 0) is 28.2 Å². The number of benzene rings is 1. The molecule has 1 fully saturated rings. The number of nitrogens with zero attached hydrogens (tertiary/aromatic N) is 1. The first-order chi connectivity index (χ1) is 18.2. The largest absolute Gasteiger partial charge is 0.462 e. The number of ether oxygens (including phenoxy) is 2. The van der Waals surface area contributed by atoms with E-state index in [1.807, 2.05) is 0 Å². The van der Waals surface area contributed by atoms with Crippen molar-refractivity contribution >= 4 is 19.6 Å². The van der Waals surface area contributed by atoms with Crippen molar-refractivity contribution in [1.82, 2.24) is 15.3 Å². The zero-order chi connectivity index (χ0) is 29.0. The van der Waals surface area contributed by atoms with Gasteiger partial charge >= 0.3 is 13.7 Å². The summed E-state index contributed by atoms with van der Waals surface area (Å²) in [5.74, 6) is -4.52. The van der Waals surface area contributed by atoms with Crippen molar-refractivity contribution in [3.8, 4) is 5.75 Å². The number of alkyl halides is 1. The van der Waals surface area contributed by atoms with Gasteiger partial charge in [0.15, 0.2) is 17.9 Å². The summed E-state index contributed by atoms with van der Waals surface area (Å²) in [4.78, 5) is 25.0. The number of halogens is 1. The number of carbonyl (C=O) groups is 2. The molecule has 1 aromatic rings. The van der Waals surface area contributed by atoms with Gasteiger partial charge in [0.05, 0.1) is 6.10 Å². The molecule has 1 amide bonds. The topological polar surface area (TPSA) is 156 Å². The number of aliphatic hydroxyl groups is 2. The van der Waals surface area contributed by atoms with E-state index >= 15 is 4.39 Å². The molecule has 39 heavy (non-hydrogen) atoms. The number of carbonyl (C=O) groups excluding carboxylic acids is 2. The third kappa shape index (κ3) is 6.84. The van der Waals surface area contributed by atoms with Crippen LogP contribution in [0.5, 0.6) is 5.75 Å². The van der Waals surface area contributed by atoms with Crippen LogP contribution in [0.2, 0.25) is 0 Å². The molecular formula is C25H31FN3O9P. The van der Waals surface area contributed by atoms with Gasteiger partial charge in [-0.25, -0.2) is 8.96 Å². The Labute approximate surface area is 225 Å². The first kappa shape index (κ1) is 30.3. The van der Waals surface area contributed by atoms with E-state index in [-0.39, 0.29) is 11.6 Å².